The van der Waals surface area contributed by atoms with Crippen molar-refractivity contribution in [2.45, 2.75) is 44.6 Å². The van der Waals surface area contributed by atoms with Gasteiger partial charge in [-0.1, -0.05) is 30.3 Å². The van der Waals surface area contributed by atoms with Crippen LogP contribution >= 0.6 is 0 Å². The summed E-state index contributed by atoms with van der Waals surface area (Å²) in [6, 6.07) is 9.84. The number of carbonyl (C=O) groups excluding carboxylic acids is 1. The van der Waals surface area contributed by atoms with Gasteiger partial charge in [0.15, 0.2) is 0 Å². The van der Waals surface area contributed by atoms with E-state index in [1.54, 1.807) is 0 Å². The van der Waals surface area contributed by atoms with Crippen molar-refractivity contribution in [3.8, 4) is 0 Å². The second-order valence-electron chi connectivity index (χ2n) is 6.03. The Labute approximate surface area is 108 Å². The molecule has 2 fully saturated rings. The van der Waals surface area contributed by atoms with Gasteiger partial charge in [-0.15, -0.1) is 0 Å². The zero-order valence-corrected chi connectivity index (χ0v) is 10.9. The van der Waals surface area contributed by atoms with E-state index in [4.69, 9.17) is 4.74 Å². The highest BCUT2D eigenvalue weighted by molar-refractivity contribution is 5.73. The summed E-state index contributed by atoms with van der Waals surface area (Å²) in [5.74, 6) is 1.32. The quantitative estimate of drug-likeness (QED) is 0.762. The predicted octanol–water partition coefficient (Wildman–Crippen LogP) is 3.35. The van der Waals surface area contributed by atoms with Crippen LogP contribution in [0.4, 0.5) is 0 Å². The smallest absolute Gasteiger partial charge is 0.310 e. The first-order valence-electron chi connectivity index (χ1n) is 6.91. The van der Waals surface area contributed by atoms with Gasteiger partial charge in [-0.2, -0.15) is 0 Å². The van der Waals surface area contributed by atoms with Crippen LogP contribution in [0, 0.1) is 11.8 Å². The molecule has 0 aromatic heterocycles. The van der Waals surface area contributed by atoms with Gasteiger partial charge in [0.25, 0.3) is 0 Å². The summed E-state index contributed by atoms with van der Waals surface area (Å²) in [5, 5.41) is 0. The minimum absolute atomic E-state index is 0.0729. The minimum atomic E-state index is -0.186. The van der Waals surface area contributed by atoms with E-state index in [2.05, 4.69) is 6.92 Å². The molecule has 0 amide bonds. The Morgan fingerprint density at radius 3 is 2.72 bits per heavy atom. The summed E-state index contributed by atoms with van der Waals surface area (Å²) in [5.41, 5.74) is 0.851. The Morgan fingerprint density at radius 2 is 2.11 bits per heavy atom. The van der Waals surface area contributed by atoms with E-state index in [0.717, 1.165) is 17.9 Å². The fourth-order valence-corrected chi connectivity index (χ4v) is 3.74. The molecule has 0 unspecified atom stereocenters. The number of esters is 1. The fourth-order valence-electron chi connectivity index (χ4n) is 3.74. The van der Waals surface area contributed by atoms with Crippen molar-refractivity contribution in [2.24, 2.45) is 11.8 Å². The maximum atomic E-state index is 12.0. The molecular weight excluding hydrogens is 224 g/mol. The summed E-state index contributed by atoms with van der Waals surface area (Å²) in [4.78, 5) is 12.0. The van der Waals surface area contributed by atoms with Crippen molar-refractivity contribution in [3.05, 3.63) is 35.9 Å². The van der Waals surface area contributed by atoms with Crippen molar-refractivity contribution in [1.29, 1.82) is 0 Å². The lowest BCUT2D eigenvalue weighted by Crippen LogP contribution is -2.37. The third-order valence-corrected chi connectivity index (χ3v) is 4.64. The van der Waals surface area contributed by atoms with E-state index in [-0.39, 0.29) is 11.6 Å². The molecule has 3 rings (SSSR count). The van der Waals surface area contributed by atoms with Gasteiger partial charge in [0, 0.05) is 0 Å². The number of fused-ring (bicyclic) bond motifs is 2. The van der Waals surface area contributed by atoms with Crippen molar-refractivity contribution >= 4 is 5.97 Å². The lowest BCUT2D eigenvalue weighted by molar-refractivity contribution is -0.162. The van der Waals surface area contributed by atoms with Crippen LogP contribution in [0.15, 0.2) is 30.3 Å². The molecule has 0 spiro atoms. The molecule has 1 aromatic carbocycles. The largest absolute Gasteiger partial charge is 0.459 e. The van der Waals surface area contributed by atoms with Crippen molar-refractivity contribution in [1.82, 2.24) is 0 Å². The monoisotopic (exact) mass is 244 g/mol. The topological polar surface area (TPSA) is 26.3 Å². The van der Waals surface area contributed by atoms with Crippen molar-refractivity contribution < 1.29 is 9.53 Å². The lowest BCUT2D eigenvalue weighted by Gasteiger charge is -2.33. The maximum absolute atomic E-state index is 12.0. The summed E-state index contributed by atoms with van der Waals surface area (Å²) < 4.78 is 5.80. The van der Waals surface area contributed by atoms with Crippen LogP contribution in [0.5, 0.6) is 0 Å². The average Bonchev–Trinajstić information content (AvgIpc) is 2.89. The molecule has 3 atom stereocenters. The van der Waals surface area contributed by atoms with Gasteiger partial charge < -0.3 is 4.74 Å². The third-order valence-electron chi connectivity index (χ3n) is 4.64. The van der Waals surface area contributed by atoms with Crippen LogP contribution < -0.4 is 0 Å². The van der Waals surface area contributed by atoms with Crippen LogP contribution in [0.25, 0.3) is 0 Å². The highest BCUT2D eigenvalue weighted by Gasteiger charge is 2.50. The predicted molar refractivity (Wildman–Crippen MR) is 70.1 cm³/mol. The van der Waals surface area contributed by atoms with Gasteiger partial charge in [-0.3, -0.25) is 4.79 Å². The van der Waals surface area contributed by atoms with Gasteiger partial charge in [0.1, 0.15) is 5.60 Å². The van der Waals surface area contributed by atoms with Crippen molar-refractivity contribution in [3.63, 3.8) is 0 Å². The van der Waals surface area contributed by atoms with Gasteiger partial charge in [-0.05, 0) is 50.0 Å². The number of hydrogen-bond acceptors (Lipinski definition) is 2. The Balaban J connectivity index is 1.61. The molecule has 0 saturated heterocycles. The molecule has 0 heterocycles. The van der Waals surface area contributed by atoms with Gasteiger partial charge in [0.05, 0.1) is 6.42 Å². The van der Waals surface area contributed by atoms with E-state index in [1.807, 2.05) is 30.3 Å². The van der Waals surface area contributed by atoms with Gasteiger partial charge in [-0.25, -0.2) is 0 Å². The van der Waals surface area contributed by atoms with Crippen LogP contribution in [-0.2, 0) is 16.0 Å². The molecular formula is C16H20O2. The van der Waals surface area contributed by atoms with Crippen LogP contribution in [0.3, 0.4) is 0 Å². The van der Waals surface area contributed by atoms with Crippen LogP contribution in [-0.4, -0.2) is 11.6 Å². The number of benzene rings is 1. The first-order chi connectivity index (χ1) is 8.66. The zero-order valence-electron chi connectivity index (χ0n) is 10.9. The minimum Gasteiger partial charge on any atom is -0.459 e. The number of rotatable bonds is 3. The number of hydrogen-bond donors (Lipinski definition) is 0. The molecule has 2 aliphatic rings. The molecule has 2 heteroatoms. The van der Waals surface area contributed by atoms with E-state index in [1.165, 1.54) is 19.3 Å². The summed E-state index contributed by atoms with van der Waals surface area (Å²) in [6.07, 6.45) is 5.29. The molecule has 18 heavy (non-hydrogen) atoms. The Morgan fingerprint density at radius 1 is 1.33 bits per heavy atom. The first kappa shape index (κ1) is 11.8. The molecule has 1 aromatic rings. The van der Waals surface area contributed by atoms with Crippen molar-refractivity contribution in [2.75, 3.05) is 0 Å². The van der Waals surface area contributed by atoms with Crippen LogP contribution in [0.2, 0.25) is 0 Å². The molecule has 2 saturated carbocycles. The van der Waals surface area contributed by atoms with E-state index in [9.17, 15) is 4.79 Å². The molecule has 96 valence electrons. The average molecular weight is 244 g/mol. The normalized spacial score (nSPS) is 33.6. The third kappa shape index (κ3) is 2.16. The molecule has 0 N–H and O–H groups in total. The second-order valence-corrected chi connectivity index (χ2v) is 6.03. The van der Waals surface area contributed by atoms with Gasteiger partial charge in [0.2, 0.25) is 0 Å². The zero-order chi connectivity index (χ0) is 12.6. The number of ether oxygens (including phenoxy) is 1. The summed E-state index contributed by atoms with van der Waals surface area (Å²) in [6.45, 7) is 2.12. The lowest BCUT2D eigenvalue weighted by atomic mass is 9.85. The molecule has 2 aliphatic carbocycles. The van der Waals surface area contributed by atoms with E-state index in [0.29, 0.717) is 12.3 Å². The Bertz CT molecular complexity index is 440. The molecule has 0 aliphatic heterocycles. The number of carbonyl (C=O) groups is 1. The Hall–Kier alpha value is -1.31. The first-order valence-corrected chi connectivity index (χ1v) is 6.91. The fraction of sp³-hybridized carbons (Fsp3) is 0.562. The second kappa shape index (κ2) is 4.42. The van der Waals surface area contributed by atoms with Gasteiger partial charge >= 0.3 is 5.97 Å². The SMILES string of the molecule is C[C@@]1(OC(=O)Cc2ccccc2)C[C@@H]2CC[C@H]1C2. The van der Waals surface area contributed by atoms with Crippen LogP contribution in [0.1, 0.15) is 38.2 Å². The van der Waals surface area contributed by atoms with E-state index >= 15 is 0 Å². The van der Waals surface area contributed by atoms with E-state index < -0.39 is 0 Å². The summed E-state index contributed by atoms with van der Waals surface area (Å²) in [7, 11) is 0. The highest BCUT2D eigenvalue weighted by atomic mass is 16.6. The highest BCUT2D eigenvalue weighted by Crippen LogP contribution is 2.52. The molecule has 2 nitrogen and oxygen atoms in total. The maximum Gasteiger partial charge on any atom is 0.310 e. The summed E-state index contributed by atoms with van der Waals surface area (Å²) >= 11 is 0. The molecule has 0 radical (unpaired) electrons. The standard InChI is InChI=1S/C16H20O2/c1-16(11-13-7-8-14(16)9-13)18-15(17)10-12-5-3-2-4-6-12/h2-6,13-14H,7-11H2,1H3/t13-,14+,16-/m1/s1. The molecule has 2 bridgehead atoms. The Kier molecular flexibility index (Phi) is 2.89.